The number of para-hydroxylation sites is 1. The molecule has 1 N–H and O–H groups in total. The maximum Gasteiger partial charge on any atom is 0.415 e. The monoisotopic (exact) mass is 396 g/mol. The van der Waals surface area contributed by atoms with E-state index in [2.05, 4.69) is 15.3 Å². The molecule has 1 atom stereocenters. The van der Waals surface area contributed by atoms with Crippen LogP contribution in [0.5, 0.6) is 0 Å². The van der Waals surface area contributed by atoms with Crippen molar-refractivity contribution in [2.24, 2.45) is 5.92 Å². The molecule has 144 valence electrons. The van der Waals surface area contributed by atoms with Gasteiger partial charge in [0.25, 0.3) is 0 Å². The van der Waals surface area contributed by atoms with Crippen LogP contribution >= 0.6 is 11.3 Å². The molecule has 0 spiro atoms. The van der Waals surface area contributed by atoms with Gasteiger partial charge in [-0.15, -0.1) is 0 Å². The van der Waals surface area contributed by atoms with Gasteiger partial charge in [-0.05, 0) is 49.4 Å². The van der Waals surface area contributed by atoms with E-state index in [9.17, 15) is 9.59 Å². The van der Waals surface area contributed by atoms with E-state index in [1.807, 2.05) is 41.1 Å². The topological polar surface area (TPSA) is 76.5 Å². The third-order valence-electron chi connectivity index (χ3n) is 5.68. The molecule has 1 aromatic carbocycles. The van der Waals surface area contributed by atoms with Crippen LogP contribution in [-0.4, -0.2) is 52.4 Å². The van der Waals surface area contributed by atoms with E-state index in [1.165, 1.54) is 0 Å². The van der Waals surface area contributed by atoms with Gasteiger partial charge in [-0.25, -0.2) is 14.3 Å². The SMILES string of the molecule is O=C(N[C@@H]1CN2CCC1CC2)OC(=O)c1nn(-c2ccsc2)c2ccccc12. The molecule has 3 aliphatic rings. The first-order chi connectivity index (χ1) is 13.7. The van der Waals surface area contributed by atoms with Gasteiger partial charge < -0.3 is 15.0 Å². The molecule has 3 saturated heterocycles. The molecule has 2 bridgehead atoms. The Morgan fingerprint density at radius 3 is 2.71 bits per heavy atom. The van der Waals surface area contributed by atoms with Gasteiger partial charge in [0.2, 0.25) is 0 Å². The standard InChI is InChI=1S/C20H20N4O3S/c25-19(27-20(26)21-16-11-23-8-5-13(16)6-9-23)18-15-3-1-2-4-17(15)24(22-18)14-7-10-28-12-14/h1-4,7,10,12-13,16H,5-6,8-9,11H2,(H,21,26)/t16-/m1/s1. The number of ether oxygens (including phenoxy) is 1. The smallest absolute Gasteiger partial charge is 0.371 e. The van der Waals surface area contributed by atoms with Crippen LogP contribution in [-0.2, 0) is 4.74 Å². The highest BCUT2D eigenvalue weighted by Crippen LogP contribution is 2.28. The summed E-state index contributed by atoms with van der Waals surface area (Å²) in [5.74, 6) is -0.268. The van der Waals surface area contributed by atoms with Crippen molar-refractivity contribution in [1.82, 2.24) is 20.0 Å². The number of aromatic nitrogens is 2. The van der Waals surface area contributed by atoms with Gasteiger partial charge in [-0.1, -0.05) is 18.2 Å². The lowest BCUT2D eigenvalue weighted by Crippen LogP contribution is -2.57. The number of hydrogen-bond donors (Lipinski definition) is 1. The van der Waals surface area contributed by atoms with E-state index in [1.54, 1.807) is 16.0 Å². The quantitative estimate of drug-likeness (QED) is 0.544. The molecule has 3 aliphatic heterocycles. The van der Waals surface area contributed by atoms with Gasteiger partial charge in [0.1, 0.15) is 0 Å². The lowest BCUT2D eigenvalue weighted by Gasteiger charge is -2.44. The molecular weight excluding hydrogens is 376 g/mol. The average molecular weight is 396 g/mol. The zero-order valence-electron chi connectivity index (χ0n) is 15.2. The minimum atomic E-state index is -0.732. The summed E-state index contributed by atoms with van der Waals surface area (Å²) in [5, 5.41) is 11.9. The Hall–Kier alpha value is -2.71. The molecule has 0 unspecified atom stereocenters. The largest absolute Gasteiger partial charge is 0.415 e. The third-order valence-corrected chi connectivity index (χ3v) is 6.35. The van der Waals surface area contributed by atoms with Gasteiger partial charge in [-0.2, -0.15) is 16.4 Å². The second-order valence-corrected chi connectivity index (χ2v) is 8.10. The summed E-state index contributed by atoms with van der Waals surface area (Å²) in [5.41, 5.74) is 1.81. The van der Waals surface area contributed by atoms with E-state index >= 15 is 0 Å². The number of alkyl carbamates (subject to hydrolysis) is 1. The number of fused-ring (bicyclic) bond motifs is 4. The normalized spacial score (nSPS) is 23.6. The zero-order valence-corrected chi connectivity index (χ0v) is 16.0. The number of carbonyl (C=O) groups is 2. The Labute approximate surface area is 165 Å². The van der Waals surface area contributed by atoms with Crippen LogP contribution < -0.4 is 5.32 Å². The molecule has 0 aliphatic carbocycles. The summed E-state index contributed by atoms with van der Waals surface area (Å²) in [6.07, 6.45) is 1.46. The van der Waals surface area contributed by atoms with Crippen molar-refractivity contribution in [3.05, 3.63) is 46.8 Å². The van der Waals surface area contributed by atoms with Crippen LogP contribution in [0.3, 0.4) is 0 Å². The van der Waals surface area contributed by atoms with Crippen LogP contribution in [0.4, 0.5) is 4.79 Å². The van der Waals surface area contributed by atoms with Gasteiger partial charge in [0.15, 0.2) is 5.69 Å². The van der Waals surface area contributed by atoms with E-state index < -0.39 is 12.1 Å². The van der Waals surface area contributed by atoms with Crippen molar-refractivity contribution >= 4 is 34.3 Å². The summed E-state index contributed by atoms with van der Waals surface area (Å²) in [6.45, 7) is 3.00. The van der Waals surface area contributed by atoms with E-state index in [0.29, 0.717) is 11.3 Å². The molecule has 8 heteroatoms. The summed E-state index contributed by atoms with van der Waals surface area (Å²) in [4.78, 5) is 27.4. The van der Waals surface area contributed by atoms with E-state index in [0.717, 1.165) is 43.7 Å². The summed E-state index contributed by atoms with van der Waals surface area (Å²) >= 11 is 1.55. The molecule has 7 nitrogen and oxygen atoms in total. The number of nitrogens with zero attached hydrogens (tertiary/aromatic N) is 3. The highest BCUT2D eigenvalue weighted by molar-refractivity contribution is 7.08. The Kier molecular flexibility index (Phi) is 4.37. The molecule has 6 rings (SSSR count). The Balaban J connectivity index is 1.35. The predicted octanol–water partition coefficient (Wildman–Crippen LogP) is 3.05. The second kappa shape index (κ2) is 7.03. The third kappa shape index (κ3) is 3.08. The number of rotatable bonds is 3. The summed E-state index contributed by atoms with van der Waals surface area (Å²) in [7, 11) is 0. The molecule has 2 aromatic heterocycles. The van der Waals surface area contributed by atoms with Crippen molar-refractivity contribution in [2.45, 2.75) is 18.9 Å². The van der Waals surface area contributed by atoms with Crippen LogP contribution in [0.1, 0.15) is 23.3 Å². The Morgan fingerprint density at radius 1 is 1.18 bits per heavy atom. The lowest BCUT2D eigenvalue weighted by molar-refractivity contribution is 0.0519. The minimum absolute atomic E-state index is 0.0444. The highest BCUT2D eigenvalue weighted by Gasteiger charge is 2.35. The maximum absolute atomic E-state index is 12.7. The van der Waals surface area contributed by atoms with Crippen molar-refractivity contribution in [3.8, 4) is 5.69 Å². The average Bonchev–Trinajstić information content (AvgIpc) is 3.36. The minimum Gasteiger partial charge on any atom is -0.371 e. The number of carbonyl (C=O) groups excluding carboxylic acids is 2. The van der Waals surface area contributed by atoms with Crippen molar-refractivity contribution in [3.63, 3.8) is 0 Å². The first-order valence-corrected chi connectivity index (χ1v) is 10.4. The fourth-order valence-electron chi connectivity index (χ4n) is 4.23. The van der Waals surface area contributed by atoms with E-state index in [4.69, 9.17) is 4.74 Å². The van der Waals surface area contributed by atoms with Crippen LogP contribution in [0, 0.1) is 5.92 Å². The van der Waals surface area contributed by atoms with Crippen molar-refractivity contribution in [2.75, 3.05) is 19.6 Å². The lowest BCUT2D eigenvalue weighted by atomic mass is 9.84. The van der Waals surface area contributed by atoms with Crippen LogP contribution in [0.25, 0.3) is 16.6 Å². The fourth-order valence-corrected chi connectivity index (χ4v) is 4.85. The molecule has 0 saturated carbocycles. The number of piperidine rings is 3. The van der Waals surface area contributed by atoms with Crippen molar-refractivity contribution < 1.29 is 14.3 Å². The molecule has 0 radical (unpaired) electrons. The zero-order chi connectivity index (χ0) is 19.1. The highest BCUT2D eigenvalue weighted by atomic mass is 32.1. The molecule has 3 fully saturated rings. The number of nitrogens with one attached hydrogen (secondary N) is 1. The van der Waals surface area contributed by atoms with Gasteiger partial charge in [-0.3, -0.25) is 0 Å². The molecule has 3 aromatic rings. The van der Waals surface area contributed by atoms with Gasteiger partial charge in [0, 0.05) is 23.4 Å². The van der Waals surface area contributed by atoms with E-state index in [-0.39, 0.29) is 11.7 Å². The summed E-state index contributed by atoms with van der Waals surface area (Å²) in [6, 6.07) is 9.41. The van der Waals surface area contributed by atoms with Crippen LogP contribution in [0.15, 0.2) is 41.1 Å². The molecular formula is C20H20N4O3S. The fraction of sp³-hybridized carbons (Fsp3) is 0.350. The predicted molar refractivity (Wildman–Crippen MR) is 106 cm³/mol. The second-order valence-electron chi connectivity index (χ2n) is 7.32. The van der Waals surface area contributed by atoms with Crippen molar-refractivity contribution in [1.29, 1.82) is 0 Å². The number of thiophene rings is 1. The first kappa shape index (κ1) is 17.4. The number of amides is 1. The maximum atomic E-state index is 12.7. The van der Waals surface area contributed by atoms with Crippen LogP contribution in [0.2, 0.25) is 0 Å². The molecule has 28 heavy (non-hydrogen) atoms. The molecule has 5 heterocycles. The first-order valence-electron chi connectivity index (χ1n) is 9.44. The molecule has 1 amide bonds. The Morgan fingerprint density at radius 2 is 2.00 bits per heavy atom. The number of esters is 1. The number of benzene rings is 1. The number of hydrogen-bond acceptors (Lipinski definition) is 6. The summed E-state index contributed by atoms with van der Waals surface area (Å²) < 4.78 is 6.81. The van der Waals surface area contributed by atoms with Gasteiger partial charge >= 0.3 is 12.1 Å². The Bertz CT molecular complexity index is 1020. The van der Waals surface area contributed by atoms with Gasteiger partial charge in [0.05, 0.1) is 11.2 Å².